The van der Waals surface area contributed by atoms with Crippen molar-refractivity contribution in [2.45, 2.75) is 44.9 Å². The number of hydrogen-bond donors (Lipinski definition) is 2. The fourth-order valence-corrected chi connectivity index (χ4v) is 4.82. The summed E-state index contributed by atoms with van der Waals surface area (Å²) in [6.45, 7) is 6.75. The highest BCUT2D eigenvalue weighted by Crippen LogP contribution is 2.33. The van der Waals surface area contributed by atoms with E-state index in [2.05, 4.69) is 15.1 Å². The van der Waals surface area contributed by atoms with Crippen molar-refractivity contribution in [2.24, 2.45) is 17.8 Å². The van der Waals surface area contributed by atoms with Crippen LogP contribution in [0.15, 0.2) is 0 Å². The molecule has 142 valence electrons. The molecule has 1 aliphatic carbocycles. The second-order valence-corrected chi connectivity index (χ2v) is 8.05. The van der Waals surface area contributed by atoms with Crippen LogP contribution in [-0.2, 0) is 9.59 Å². The zero-order valence-corrected chi connectivity index (χ0v) is 15.3. The first kappa shape index (κ1) is 18.6. The van der Waals surface area contributed by atoms with Crippen molar-refractivity contribution in [2.75, 3.05) is 45.8 Å². The van der Waals surface area contributed by atoms with E-state index < -0.39 is 5.97 Å². The summed E-state index contributed by atoms with van der Waals surface area (Å²) in [6.07, 6.45) is 6.54. The van der Waals surface area contributed by atoms with Crippen molar-refractivity contribution in [3.05, 3.63) is 0 Å². The molecular weight excluding hydrogens is 318 g/mol. The Hall–Kier alpha value is -1.14. The highest BCUT2D eigenvalue weighted by molar-refractivity contribution is 5.79. The molecule has 2 aliphatic heterocycles. The predicted octanol–water partition coefficient (Wildman–Crippen LogP) is 1.41. The zero-order chi connectivity index (χ0) is 17.6. The molecule has 1 amide bonds. The van der Waals surface area contributed by atoms with Crippen LogP contribution in [0.25, 0.3) is 0 Å². The minimum absolute atomic E-state index is 0.216. The van der Waals surface area contributed by atoms with Gasteiger partial charge in [0.05, 0.1) is 0 Å². The molecule has 0 unspecified atom stereocenters. The van der Waals surface area contributed by atoms with Crippen LogP contribution >= 0.6 is 0 Å². The number of hydrogen-bond acceptors (Lipinski definition) is 4. The highest BCUT2D eigenvalue weighted by Gasteiger charge is 2.35. The van der Waals surface area contributed by atoms with E-state index >= 15 is 0 Å². The number of likely N-dealkylation sites (tertiary alicyclic amines) is 1. The van der Waals surface area contributed by atoms with Crippen molar-refractivity contribution in [3.63, 3.8) is 0 Å². The van der Waals surface area contributed by atoms with Crippen molar-refractivity contribution in [1.29, 1.82) is 0 Å². The standard InChI is InChI=1S/C19H33N3O3/c23-18(24)13-16-6-10-22(19(25)15-3-1-2-4-15)14-17(16)5-9-21-11-7-20-8-12-21/h15-17,20H,1-14H2,(H,23,24)/t16-,17-/m0/s1. The third-order valence-electron chi connectivity index (χ3n) is 6.37. The topological polar surface area (TPSA) is 72.9 Å². The Morgan fingerprint density at radius 1 is 1.00 bits per heavy atom. The Morgan fingerprint density at radius 2 is 1.72 bits per heavy atom. The summed E-state index contributed by atoms with van der Waals surface area (Å²) in [6, 6.07) is 0. The fraction of sp³-hybridized carbons (Fsp3) is 0.895. The van der Waals surface area contributed by atoms with Gasteiger partial charge >= 0.3 is 5.97 Å². The van der Waals surface area contributed by atoms with Crippen LogP contribution in [0.3, 0.4) is 0 Å². The third-order valence-corrected chi connectivity index (χ3v) is 6.37. The molecule has 3 rings (SSSR count). The number of rotatable bonds is 6. The molecule has 0 aromatic rings. The Kier molecular flexibility index (Phi) is 6.70. The third kappa shape index (κ3) is 5.17. The summed E-state index contributed by atoms with van der Waals surface area (Å²) in [5, 5.41) is 12.6. The van der Waals surface area contributed by atoms with Gasteiger partial charge in [0.15, 0.2) is 0 Å². The maximum Gasteiger partial charge on any atom is 0.303 e. The van der Waals surface area contributed by atoms with Crippen LogP contribution in [0.2, 0.25) is 0 Å². The minimum Gasteiger partial charge on any atom is -0.481 e. The summed E-state index contributed by atoms with van der Waals surface area (Å²) in [5.41, 5.74) is 0. The molecule has 0 aromatic carbocycles. The number of amides is 1. The molecule has 0 spiro atoms. The average molecular weight is 351 g/mol. The number of carboxylic acids is 1. The molecular formula is C19H33N3O3. The van der Waals surface area contributed by atoms with Crippen LogP contribution < -0.4 is 5.32 Å². The van der Waals surface area contributed by atoms with Gasteiger partial charge in [0, 0.05) is 51.6 Å². The molecule has 25 heavy (non-hydrogen) atoms. The van der Waals surface area contributed by atoms with E-state index in [1.165, 1.54) is 12.8 Å². The van der Waals surface area contributed by atoms with Gasteiger partial charge in [-0.1, -0.05) is 12.8 Å². The Morgan fingerprint density at radius 3 is 2.40 bits per heavy atom. The monoisotopic (exact) mass is 351 g/mol. The predicted molar refractivity (Wildman–Crippen MR) is 96.3 cm³/mol. The number of nitrogens with one attached hydrogen (secondary N) is 1. The number of carbonyl (C=O) groups is 2. The Balaban J connectivity index is 1.56. The van der Waals surface area contributed by atoms with Crippen molar-refractivity contribution in [1.82, 2.24) is 15.1 Å². The largest absolute Gasteiger partial charge is 0.481 e. The van der Waals surface area contributed by atoms with Crippen LogP contribution in [0.5, 0.6) is 0 Å². The van der Waals surface area contributed by atoms with Crippen molar-refractivity contribution < 1.29 is 14.7 Å². The van der Waals surface area contributed by atoms with Gasteiger partial charge in [0.25, 0.3) is 0 Å². The normalized spacial score (nSPS) is 29.0. The van der Waals surface area contributed by atoms with E-state index in [-0.39, 0.29) is 18.3 Å². The lowest BCUT2D eigenvalue weighted by molar-refractivity contribution is -0.141. The van der Waals surface area contributed by atoms with E-state index in [1.54, 1.807) is 0 Å². The lowest BCUT2D eigenvalue weighted by Gasteiger charge is -2.40. The molecule has 2 atom stereocenters. The quantitative estimate of drug-likeness (QED) is 0.757. The van der Waals surface area contributed by atoms with Gasteiger partial charge in [-0.3, -0.25) is 9.59 Å². The maximum atomic E-state index is 12.8. The molecule has 0 bridgehead atoms. The molecule has 6 heteroatoms. The number of nitrogens with zero attached hydrogens (tertiary/aromatic N) is 2. The molecule has 0 aromatic heterocycles. The van der Waals surface area contributed by atoms with Gasteiger partial charge in [-0.25, -0.2) is 0 Å². The second-order valence-electron chi connectivity index (χ2n) is 8.05. The number of carboxylic acid groups (broad SMARTS) is 1. The van der Waals surface area contributed by atoms with Gasteiger partial charge in [-0.15, -0.1) is 0 Å². The fourth-order valence-electron chi connectivity index (χ4n) is 4.82. The zero-order valence-electron chi connectivity index (χ0n) is 15.3. The first-order valence-electron chi connectivity index (χ1n) is 10.1. The molecule has 0 radical (unpaired) electrons. The summed E-state index contributed by atoms with van der Waals surface area (Å²) in [7, 11) is 0. The average Bonchev–Trinajstić information content (AvgIpc) is 3.15. The lowest BCUT2D eigenvalue weighted by Crippen LogP contribution is -2.48. The smallest absolute Gasteiger partial charge is 0.303 e. The Bertz CT molecular complexity index is 459. The molecule has 3 aliphatic rings. The van der Waals surface area contributed by atoms with Crippen LogP contribution in [0.4, 0.5) is 0 Å². The van der Waals surface area contributed by atoms with Gasteiger partial charge < -0.3 is 20.2 Å². The minimum atomic E-state index is -0.701. The summed E-state index contributed by atoms with van der Waals surface area (Å²) in [4.78, 5) is 28.5. The van der Waals surface area contributed by atoms with E-state index in [0.29, 0.717) is 11.8 Å². The van der Waals surface area contributed by atoms with E-state index in [0.717, 1.165) is 71.5 Å². The highest BCUT2D eigenvalue weighted by atomic mass is 16.4. The van der Waals surface area contributed by atoms with Crippen molar-refractivity contribution >= 4 is 11.9 Å². The van der Waals surface area contributed by atoms with Gasteiger partial charge in [-0.05, 0) is 44.1 Å². The first-order valence-corrected chi connectivity index (χ1v) is 10.1. The van der Waals surface area contributed by atoms with Crippen LogP contribution in [-0.4, -0.2) is 72.6 Å². The van der Waals surface area contributed by atoms with Gasteiger partial charge in [0.1, 0.15) is 0 Å². The molecule has 2 N–H and O–H groups in total. The number of aliphatic carboxylic acids is 1. The van der Waals surface area contributed by atoms with Crippen molar-refractivity contribution in [3.8, 4) is 0 Å². The van der Waals surface area contributed by atoms with Gasteiger partial charge in [0.2, 0.25) is 5.91 Å². The summed E-state index contributed by atoms with van der Waals surface area (Å²) in [5.74, 6) is 0.397. The lowest BCUT2D eigenvalue weighted by atomic mass is 9.80. The van der Waals surface area contributed by atoms with E-state index in [1.807, 2.05) is 0 Å². The molecule has 6 nitrogen and oxygen atoms in total. The molecule has 2 heterocycles. The second kappa shape index (κ2) is 8.99. The Labute approximate surface area is 150 Å². The number of carbonyl (C=O) groups excluding carboxylic acids is 1. The van der Waals surface area contributed by atoms with Crippen LogP contribution in [0.1, 0.15) is 44.9 Å². The van der Waals surface area contributed by atoms with Crippen LogP contribution in [0, 0.1) is 17.8 Å². The molecule has 3 fully saturated rings. The number of piperidine rings is 1. The SMILES string of the molecule is O=C(O)C[C@@H]1CCN(C(=O)C2CCCC2)C[C@@H]1CCN1CCNCC1. The van der Waals surface area contributed by atoms with E-state index in [9.17, 15) is 14.7 Å². The maximum absolute atomic E-state index is 12.8. The van der Waals surface area contributed by atoms with E-state index in [4.69, 9.17) is 0 Å². The van der Waals surface area contributed by atoms with Gasteiger partial charge in [-0.2, -0.15) is 0 Å². The summed E-state index contributed by atoms with van der Waals surface area (Å²) >= 11 is 0. The summed E-state index contributed by atoms with van der Waals surface area (Å²) < 4.78 is 0. The molecule has 1 saturated carbocycles. The first-order chi connectivity index (χ1) is 12.1. The number of piperazine rings is 1. The molecule has 2 saturated heterocycles.